The van der Waals surface area contributed by atoms with E-state index in [1.807, 2.05) is 17.8 Å². The zero-order valence-corrected chi connectivity index (χ0v) is 20.5. The van der Waals surface area contributed by atoms with Crippen molar-refractivity contribution < 1.29 is 12.8 Å². The van der Waals surface area contributed by atoms with Gasteiger partial charge in [-0.3, -0.25) is 4.68 Å². The maximum absolute atomic E-state index is 13.3. The van der Waals surface area contributed by atoms with E-state index < -0.39 is 10.0 Å². The van der Waals surface area contributed by atoms with Gasteiger partial charge >= 0.3 is 0 Å². The van der Waals surface area contributed by atoms with Gasteiger partial charge in [0.15, 0.2) is 0 Å². The molecular weight excluding hydrogens is 467 g/mol. The highest BCUT2D eigenvalue weighted by atomic mass is 32.2. The lowest BCUT2D eigenvalue weighted by Crippen LogP contribution is -2.70. The molecule has 2 unspecified atom stereocenters. The van der Waals surface area contributed by atoms with Crippen molar-refractivity contribution in [3.8, 4) is 5.69 Å². The summed E-state index contributed by atoms with van der Waals surface area (Å²) in [4.78, 5) is 2.56. The van der Waals surface area contributed by atoms with Crippen LogP contribution in [0.1, 0.15) is 25.3 Å². The lowest BCUT2D eigenvalue weighted by Gasteiger charge is -2.55. The number of rotatable bonds is 6. The molecule has 2 aromatic heterocycles. The average Bonchev–Trinajstić information content (AvgIpc) is 3.47. The van der Waals surface area contributed by atoms with Gasteiger partial charge in [-0.15, -0.1) is 0 Å². The molecular formula is C25H27FN6O2S. The summed E-state index contributed by atoms with van der Waals surface area (Å²) in [5.41, 5.74) is 3.95. The van der Waals surface area contributed by atoms with Crippen molar-refractivity contribution in [3.05, 3.63) is 66.4 Å². The number of piperazine rings is 1. The molecule has 3 fully saturated rings. The van der Waals surface area contributed by atoms with E-state index in [1.54, 1.807) is 27.3 Å². The number of nitrogens with zero attached hydrogens (tertiary/aromatic N) is 6. The first-order valence-corrected chi connectivity index (χ1v) is 13.3. The predicted molar refractivity (Wildman–Crippen MR) is 132 cm³/mol. The van der Waals surface area contributed by atoms with E-state index in [0.717, 1.165) is 40.7 Å². The number of halogens is 1. The molecule has 182 valence electrons. The van der Waals surface area contributed by atoms with Crippen LogP contribution in [-0.2, 0) is 16.6 Å². The van der Waals surface area contributed by atoms with E-state index in [1.165, 1.54) is 18.3 Å². The molecule has 5 heterocycles. The van der Waals surface area contributed by atoms with Crippen LogP contribution in [0.25, 0.3) is 16.6 Å². The molecule has 35 heavy (non-hydrogen) atoms. The largest absolute Gasteiger partial charge is 0.368 e. The minimum Gasteiger partial charge on any atom is -0.368 e. The molecule has 0 amide bonds. The molecule has 0 aliphatic carbocycles. The van der Waals surface area contributed by atoms with Crippen molar-refractivity contribution in [1.29, 1.82) is 0 Å². The van der Waals surface area contributed by atoms with Crippen LogP contribution in [0, 0.1) is 12.7 Å². The highest BCUT2D eigenvalue weighted by molar-refractivity contribution is 7.89. The Kier molecular flexibility index (Phi) is 5.19. The SMILES string of the molecule is CCCn1cc(S(=O)(=O)N2C3CC2CN(c2cc4cnn(-c5ccc(F)cc5)c4cc2C)C3)cn1. The molecule has 4 aromatic rings. The summed E-state index contributed by atoms with van der Waals surface area (Å²) in [6.45, 7) is 6.11. The van der Waals surface area contributed by atoms with Crippen LogP contribution in [0.15, 0.2) is 59.9 Å². The number of aromatic nitrogens is 4. The number of hydrogen-bond acceptors (Lipinski definition) is 5. The molecule has 0 spiro atoms. The third-order valence-corrected chi connectivity index (χ3v) is 9.02. The second-order valence-electron chi connectivity index (χ2n) is 9.45. The van der Waals surface area contributed by atoms with Gasteiger partial charge in [-0.25, -0.2) is 17.5 Å². The molecule has 0 saturated carbocycles. The summed E-state index contributed by atoms with van der Waals surface area (Å²) in [5.74, 6) is -0.279. The molecule has 3 aliphatic rings. The van der Waals surface area contributed by atoms with Crippen molar-refractivity contribution in [2.75, 3.05) is 18.0 Å². The second kappa shape index (κ2) is 8.17. The molecule has 3 saturated heterocycles. The van der Waals surface area contributed by atoms with Crippen molar-refractivity contribution >= 4 is 26.6 Å². The number of sulfonamides is 1. The van der Waals surface area contributed by atoms with Crippen LogP contribution < -0.4 is 4.90 Å². The van der Waals surface area contributed by atoms with Gasteiger partial charge in [-0.1, -0.05) is 6.92 Å². The Labute approximate surface area is 203 Å². The van der Waals surface area contributed by atoms with Gasteiger partial charge in [0.2, 0.25) is 10.0 Å². The van der Waals surface area contributed by atoms with E-state index in [2.05, 4.69) is 34.2 Å². The van der Waals surface area contributed by atoms with Crippen LogP contribution in [0.4, 0.5) is 10.1 Å². The van der Waals surface area contributed by atoms with E-state index in [4.69, 9.17) is 0 Å². The van der Waals surface area contributed by atoms with Gasteiger partial charge in [0.05, 0.1) is 23.6 Å². The van der Waals surface area contributed by atoms with Crippen LogP contribution in [0.5, 0.6) is 0 Å². The third kappa shape index (κ3) is 3.63. The Morgan fingerprint density at radius 2 is 1.80 bits per heavy atom. The maximum Gasteiger partial charge on any atom is 0.246 e. The molecule has 3 aliphatic heterocycles. The zero-order valence-electron chi connectivity index (χ0n) is 19.7. The van der Waals surface area contributed by atoms with E-state index in [9.17, 15) is 12.8 Å². The monoisotopic (exact) mass is 494 g/mol. The Bertz CT molecular complexity index is 1500. The Hall–Kier alpha value is -3.24. The van der Waals surface area contributed by atoms with Crippen LogP contribution in [0.3, 0.4) is 0 Å². The van der Waals surface area contributed by atoms with Crippen LogP contribution in [-0.4, -0.2) is 57.5 Å². The fourth-order valence-corrected chi connectivity index (χ4v) is 7.18. The molecule has 2 atom stereocenters. The third-order valence-electron chi connectivity index (χ3n) is 7.06. The molecule has 0 radical (unpaired) electrons. The first-order chi connectivity index (χ1) is 16.8. The van der Waals surface area contributed by atoms with Crippen molar-refractivity contribution in [2.24, 2.45) is 0 Å². The zero-order chi connectivity index (χ0) is 24.3. The normalized spacial score (nSPS) is 20.4. The summed E-state index contributed by atoms with van der Waals surface area (Å²) in [5, 5.41) is 9.72. The summed E-state index contributed by atoms with van der Waals surface area (Å²) in [6, 6.07) is 10.4. The lowest BCUT2D eigenvalue weighted by atomic mass is 9.90. The smallest absolute Gasteiger partial charge is 0.246 e. The number of fused-ring (bicyclic) bond motifs is 3. The highest BCUT2D eigenvalue weighted by Crippen LogP contribution is 2.40. The summed E-state index contributed by atoms with van der Waals surface area (Å²) in [7, 11) is -3.56. The second-order valence-corrected chi connectivity index (χ2v) is 11.3. The Morgan fingerprint density at radius 1 is 1.06 bits per heavy atom. The average molecular weight is 495 g/mol. The highest BCUT2D eigenvalue weighted by Gasteiger charge is 2.51. The number of aryl methyl sites for hydroxylation is 2. The first-order valence-electron chi connectivity index (χ1n) is 11.9. The molecule has 8 nitrogen and oxygen atoms in total. The van der Waals surface area contributed by atoms with E-state index in [0.29, 0.717) is 19.6 Å². The van der Waals surface area contributed by atoms with Crippen LogP contribution in [0.2, 0.25) is 0 Å². The molecule has 0 N–H and O–H groups in total. The topological polar surface area (TPSA) is 76.3 Å². The number of anilines is 1. The van der Waals surface area contributed by atoms with E-state index in [-0.39, 0.29) is 22.8 Å². The molecule has 7 rings (SSSR count). The maximum atomic E-state index is 13.3. The van der Waals surface area contributed by atoms with E-state index >= 15 is 0 Å². The van der Waals surface area contributed by atoms with Gasteiger partial charge in [-0.2, -0.15) is 14.5 Å². The fourth-order valence-electron chi connectivity index (χ4n) is 5.41. The van der Waals surface area contributed by atoms with Crippen LogP contribution >= 0.6 is 0 Å². The Morgan fingerprint density at radius 3 is 2.51 bits per heavy atom. The predicted octanol–water partition coefficient (Wildman–Crippen LogP) is 3.73. The summed E-state index contributed by atoms with van der Waals surface area (Å²) < 4.78 is 45.2. The van der Waals surface area contributed by atoms with Gasteiger partial charge < -0.3 is 4.90 Å². The summed E-state index contributed by atoms with van der Waals surface area (Å²) in [6.07, 6.45) is 6.70. The minimum atomic E-state index is -3.56. The van der Waals surface area contributed by atoms with Gasteiger partial charge in [0, 0.05) is 49.0 Å². The lowest BCUT2D eigenvalue weighted by molar-refractivity contribution is 0.0878. The standard InChI is InChI=1S/C25H27FN6O2S/c1-3-8-30-16-23(13-27-30)35(33,34)32-21-11-22(32)15-29(14-21)24-10-18-12-28-31(25(18)9-17(24)2)20-6-4-19(26)5-7-20/h4-7,9-10,12-13,16,21-22H,3,8,11,14-15H2,1-2H3. The van der Waals surface area contributed by atoms with Gasteiger partial charge in [0.25, 0.3) is 0 Å². The first kappa shape index (κ1) is 22.2. The van der Waals surface area contributed by atoms with Crippen molar-refractivity contribution in [1.82, 2.24) is 23.9 Å². The quantitative estimate of drug-likeness (QED) is 0.408. The number of piperidine rings is 1. The van der Waals surface area contributed by atoms with Gasteiger partial charge in [-0.05, 0) is 61.7 Å². The molecule has 2 bridgehead atoms. The number of hydrogen-bond donors (Lipinski definition) is 0. The number of benzene rings is 2. The molecule has 10 heteroatoms. The summed E-state index contributed by atoms with van der Waals surface area (Å²) >= 11 is 0. The minimum absolute atomic E-state index is 0.0506. The molecule has 2 aromatic carbocycles. The van der Waals surface area contributed by atoms with Gasteiger partial charge in [0.1, 0.15) is 10.7 Å². The Balaban J connectivity index is 1.25. The fraction of sp³-hybridized carbons (Fsp3) is 0.360. The van der Waals surface area contributed by atoms with Crippen molar-refractivity contribution in [2.45, 2.75) is 50.2 Å². The van der Waals surface area contributed by atoms with Crippen molar-refractivity contribution in [3.63, 3.8) is 0 Å².